The molecule has 0 saturated carbocycles. The van der Waals surface area contributed by atoms with Crippen LogP contribution in [0.1, 0.15) is 5.69 Å². The van der Waals surface area contributed by atoms with Gasteiger partial charge in [-0.2, -0.15) is 22.0 Å². The van der Waals surface area contributed by atoms with Crippen molar-refractivity contribution in [3.05, 3.63) is 46.8 Å². The number of allylic oxidation sites excluding steroid dienone is 2. The fraction of sp³-hybridized carbons (Fsp3) is 0.400. The Kier molecular flexibility index (Phi) is 5.99. The van der Waals surface area contributed by atoms with Crippen molar-refractivity contribution >= 4 is 15.4 Å². The van der Waals surface area contributed by atoms with Gasteiger partial charge in [0.05, 0.1) is 29.8 Å². The molecule has 0 unspecified atom stereocenters. The van der Waals surface area contributed by atoms with Gasteiger partial charge in [-0.05, 0) is 12.1 Å². The molecule has 2 rings (SSSR count). The van der Waals surface area contributed by atoms with E-state index in [-0.39, 0.29) is 16.5 Å². The molecule has 0 aliphatic carbocycles. The Morgan fingerprint density at radius 2 is 1.93 bits per heavy atom. The van der Waals surface area contributed by atoms with E-state index in [0.29, 0.717) is 0 Å². The molecule has 1 aromatic heterocycles. The van der Waals surface area contributed by atoms with Crippen molar-refractivity contribution in [2.24, 2.45) is 4.36 Å². The zero-order valence-corrected chi connectivity index (χ0v) is 15.3. The number of rotatable bonds is 5. The van der Waals surface area contributed by atoms with E-state index in [1.54, 1.807) is 0 Å². The molecule has 1 aliphatic heterocycles. The summed E-state index contributed by atoms with van der Waals surface area (Å²) in [6.45, 7) is -2.36. The summed E-state index contributed by atoms with van der Waals surface area (Å²) in [5.41, 5.74) is -0.739. The SMILES string of the molecule is CS(C)(=O)=NC1=CC(F)=C(c2ccc(OCC(F)(F)C(F)(F)F)cn2)N([O-])C1. The smallest absolute Gasteiger partial charge is 0.456 e. The van der Waals surface area contributed by atoms with E-state index >= 15 is 0 Å². The first-order valence-electron chi connectivity index (χ1n) is 7.45. The predicted octanol–water partition coefficient (Wildman–Crippen LogP) is 3.72. The first-order chi connectivity index (χ1) is 12.7. The molecule has 6 nitrogen and oxygen atoms in total. The molecular formula is C15H14F6N3O3S-. The van der Waals surface area contributed by atoms with E-state index in [4.69, 9.17) is 0 Å². The summed E-state index contributed by atoms with van der Waals surface area (Å²) in [5, 5.41) is 12.3. The van der Waals surface area contributed by atoms with Gasteiger partial charge in [-0.1, -0.05) is 0 Å². The average molecular weight is 430 g/mol. The second-order valence-corrected chi connectivity index (χ2v) is 8.56. The molecule has 0 spiro atoms. The Hall–Kier alpha value is -2.28. The van der Waals surface area contributed by atoms with Gasteiger partial charge in [0.1, 0.15) is 11.6 Å². The maximum atomic E-state index is 14.3. The molecule has 2 heterocycles. The van der Waals surface area contributed by atoms with Gasteiger partial charge in [0, 0.05) is 28.3 Å². The fourth-order valence-electron chi connectivity index (χ4n) is 2.05. The van der Waals surface area contributed by atoms with Crippen LogP contribution in [0.25, 0.3) is 5.70 Å². The van der Waals surface area contributed by atoms with E-state index < -0.39 is 52.3 Å². The van der Waals surface area contributed by atoms with Crippen LogP contribution in [0.4, 0.5) is 26.3 Å². The average Bonchev–Trinajstić information content (AvgIpc) is 2.50. The third-order valence-electron chi connectivity index (χ3n) is 3.23. The van der Waals surface area contributed by atoms with Gasteiger partial charge >= 0.3 is 12.1 Å². The summed E-state index contributed by atoms with van der Waals surface area (Å²) in [4.78, 5) is 3.66. The van der Waals surface area contributed by atoms with Gasteiger partial charge in [-0.3, -0.25) is 4.98 Å². The van der Waals surface area contributed by atoms with Crippen molar-refractivity contribution in [3.8, 4) is 5.75 Å². The van der Waals surface area contributed by atoms with Gasteiger partial charge in [-0.25, -0.2) is 13.0 Å². The van der Waals surface area contributed by atoms with Gasteiger partial charge in [-0.15, -0.1) is 0 Å². The minimum Gasteiger partial charge on any atom is -0.758 e. The number of halogens is 6. The second kappa shape index (κ2) is 7.62. The van der Waals surface area contributed by atoms with Crippen molar-refractivity contribution in [2.75, 3.05) is 25.7 Å². The highest BCUT2D eigenvalue weighted by Gasteiger charge is 2.58. The molecule has 13 heteroatoms. The Labute approximate surface area is 156 Å². The molecule has 0 N–H and O–H groups in total. The highest BCUT2D eigenvalue weighted by Crippen LogP contribution is 2.36. The third kappa shape index (κ3) is 5.38. The maximum Gasteiger partial charge on any atom is 0.456 e. The number of hydrogen-bond donors (Lipinski definition) is 0. The fourth-order valence-corrected chi connectivity index (χ4v) is 2.73. The maximum absolute atomic E-state index is 14.3. The number of aromatic nitrogens is 1. The van der Waals surface area contributed by atoms with Crippen LogP contribution in [0, 0.1) is 5.21 Å². The van der Waals surface area contributed by atoms with E-state index in [9.17, 15) is 35.8 Å². The Morgan fingerprint density at radius 1 is 1.29 bits per heavy atom. The molecule has 0 bridgehead atoms. The van der Waals surface area contributed by atoms with Crippen LogP contribution >= 0.6 is 0 Å². The molecule has 0 amide bonds. The van der Waals surface area contributed by atoms with Crippen LogP contribution in [0.5, 0.6) is 5.75 Å². The van der Waals surface area contributed by atoms with Gasteiger partial charge in [0.15, 0.2) is 6.61 Å². The largest absolute Gasteiger partial charge is 0.758 e. The molecule has 156 valence electrons. The zero-order valence-electron chi connectivity index (χ0n) is 14.5. The van der Waals surface area contributed by atoms with E-state index in [0.717, 1.165) is 24.4 Å². The first-order valence-corrected chi connectivity index (χ1v) is 9.79. The zero-order chi connectivity index (χ0) is 21.3. The molecule has 0 radical (unpaired) electrons. The summed E-state index contributed by atoms with van der Waals surface area (Å²) >= 11 is 0. The minimum atomic E-state index is -5.77. The van der Waals surface area contributed by atoms with Gasteiger partial charge in [0.2, 0.25) is 0 Å². The van der Waals surface area contributed by atoms with Crippen molar-refractivity contribution in [3.63, 3.8) is 0 Å². The van der Waals surface area contributed by atoms with E-state index in [1.165, 1.54) is 12.5 Å². The van der Waals surface area contributed by atoms with Gasteiger partial charge in [0.25, 0.3) is 0 Å². The molecule has 28 heavy (non-hydrogen) atoms. The number of ether oxygens (including phenoxy) is 1. The second-order valence-electron chi connectivity index (χ2n) is 6.01. The quantitative estimate of drug-likeness (QED) is 0.666. The summed E-state index contributed by atoms with van der Waals surface area (Å²) in [6, 6.07) is 2.00. The van der Waals surface area contributed by atoms with Crippen LogP contribution in [-0.4, -0.2) is 52.0 Å². The molecule has 0 fully saturated rings. The van der Waals surface area contributed by atoms with Crippen LogP contribution in [0.3, 0.4) is 0 Å². The third-order valence-corrected chi connectivity index (χ3v) is 3.90. The number of hydrogen-bond acceptors (Lipinski definition) is 6. The highest BCUT2D eigenvalue weighted by molar-refractivity contribution is 7.92. The van der Waals surface area contributed by atoms with Crippen LogP contribution in [0.15, 0.2) is 40.3 Å². The van der Waals surface area contributed by atoms with Gasteiger partial charge < -0.3 is 15.0 Å². The molecular weight excluding hydrogens is 416 g/mol. The summed E-state index contributed by atoms with van der Waals surface area (Å²) in [6.07, 6.45) is -1.46. The topological polar surface area (TPSA) is 77.8 Å². The lowest BCUT2D eigenvalue weighted by atomic mass is 10.1. The lowest BCUT2D eigenvalue weighted by Crippen LogP contribution is -2.41. The molecule has 0 saturated heterocycles. The number of nitrogens with zero attached hydrogens (tertiary/aromatic N) is 3. The van der Waals surface area contributed by atoms with Crippen molar-refractivity contribution in [1.29, 1.82) is 0 Å². The Bertz CT molecular complexity index is 910. The van der Waals surface area contributed by atoms with Crippen molar-refractivity contribution < 1.29 is 35.3 Å². The normalized spacial score (nSPS) is 16.2. The molecule has 1 aliphatic rings. The Morgan fingerprint density at radius 3 is 2.39 bits per heavy atom. The summed E-state index contributed by atoms with van der Waals surface area (Å²) < 4.78 is 96.0. The van der Waals surface area contributed by atoms with Crippen molar-refractivity contribution in [2.45, 2.75) is 12.1 Å². The number of pyridine rings is 1. The highest BCUT2D eigenvalue weighted by atomic mass is 32.2. The lowest BCUT2D eigenvalue weighted by Gasteiger charge is -2.35. The first kappa shape index (κ1) is 22.0. The van der Waals surface area contributed by atoms with Crippen LogP contribution < -0.4 is 4.74 Å². The van der Waals surface area contributed by atoms with Crippen LogP contribution in [-0.2, 0) is 9.73 Å². The van der Waals surface area contributed by atoms with Crippen molar-refractivity contribution in [1.82, 2.24) is 10.0 Å². The minimum absolute atomic E-state index is 0.0411. The lowest BCUT2D eigenvalue weighted by molar-refractivity contribution is -0.290. The predicted molar refractivity (Wildman–Crippen MR) is 89.3 cm³/mol. The summed E-state index contributed by atoms with van der Waals surface area (Å²) in [7, 11) is -2.61. The standard InChI is InChI=1S/C15H14F6N3O3S/c1-28(2,26)23-9-5-11(16)13(24(25)7-9)12-4-3-10(6-22-12)27-8-14(17,18)15(19,20)21/h3-6H,7-8H2,1-2H3/q-1. The Balaban J connectivity index is 2.21. The number of alkyl halides is 5. The van der Waals surface area contributed by atoms with E-state index in [2.05, 4.69) is 14.1 Å². The molecule has 1 aromatic rings. The summed E-state index contributed by atoms with van der Waals surface area (Å²) in [5.74, 6) is -6.50. The monoisotopic (exact) mass is 430 g/mol. The number of hydroxylamine groups is 2. The molecule has 0 aromatic carbocycles. The molecule has 0 atom stereocenters. The van der Waals surface area contributed by atoms with Crippen LogP contribution in [0.2, 0.25) is 0 Å². The van der Waals surface area contributed by atoms with E-state index in [1.807, 2.05) is 0 Å².